The second-order valence-electron chi connectivity index (χ2n) is 7.42. The molecule has 0 fully saturated rings. The van der Waals surface area contributed by atoms with Crippen molar-refractivity contribution >= 4 is 40.1 Å². The molecule has 152 valence electrons. The predicted octanol–water partition coefficient (Wildman–Crippen LogP) is 4.75. The molecule has 0 radical (unpaired) electrons. The summed E-state index contributed by atoms with van der Waals surface area (Å²) in [5, 5.41) is 5.17. The van der Waals surface area contributed by atoms with E-state index in [9.17, 15) is 14.4 Å². The fourth-order valence-corrected chi connectivity index (χ4v) is 3.96. The van der Waals surface area contributed by atoms with E-state index in [1.54, 1.807) is 24.3 Å². The molecule has 4 rings (SSSR count). The number of carbonyl (C=O) groups excluding carboxylic acids is 3. The molecule has 1 atom stereocenters. The van der Waals surface area contributed by atoms with Gasteiger partial charge in [0, 0.05) is 34.5 Å². The average Bonchev–Trinajstić information content (AvgIpc) is 2.74. The van der Waals surface area contributed by atoms with Crippen LogP contribution in [0.2, 0.25) is 5.02 Å². The smallest absolute Gasteiger partial charge is 0.261 e. The van der Waals surface area contributed by atoms with Crippen molar-refractivity contribution in [3.63, 3.8) is 0 Å². The number of benzene rings is 3. The van der Waals surface area contributed by atoms with Crippen LogP contribution in [0.25, 0.3) is 10.8 Å². The standard InChI is InChI=1S/C24H21ClN2O3/c1-15(16-10-12-18(25)13-11-16)26-21(28)9-4-14-27-23(29)19-7-2-5-17-6-3-8-20(22(17)19)24(27)30/h2-3,5-8,10-13,15H,4,9,14H2,1H3,(H,26,28). The van der Waals surface area contributed by atoms with Gasteiger partial charge in [-0.3, -0.25) is 19.3 Å². The van der Waals surface area contributed by atoms with Gasteiger partial charge in [0.15, 0.2) is 0 Å². The van der Waals surface area contributed by atoms with Crippen LogP contribution in [0.4, 0.5) is 0 Å². The summed E-state index contributed by atoms with van der Waals surface area (Å²) < 4.78 is 0. The maximum Gasteiger partial charge on any atom is 0.261 e. The van der Waals surface area contributed by atoms with E-state index in [0.717, 1.165) is 10.9 Å². The van der Waals surface area contributed by atoms with Crippen LogP contribution < -0.4 is 5.32 Å². The van der Waals surface area contributed by atoms with Crippen LogP contribution >= 0.6 is 11.6 Å². The van der Waals surface area contributed by atoms with E-state index < -0.39 is 0 Å². The van der Waals surface area contributed by atoms with Gasteiger partial charge in [0.2, 0.25) is 5.91 Å². The number of hydrogen-bond donors (Lipinski definition) is 1. The Balaban J connectivity index is 1.38. The minimum Gasteiger partial charge on any atom is -0.350 e. The zero-order valence-corrected chi connectivity index (χ0v) is 17.3. The number of amides is 3. The quantitative estimate of drug-likeness (QED) is 0.585. The molecule has 0 aliphatic carbocycles. The highest BCUT2D eigenvalue weighted by Gasteiger charge is 2.32. The third-order valence-electron chi connectivity index (χ3n) is 5.39. The molecule has 0 bridgehead atoms. The normalized spacial score (nSPS) is 14.1. The molecule has 0 spiro atoms. The van der Waals surface area contributed by atoms with Crippen LogP contribution in [0.3, 0.4) is 0 Å². The molecule has 0 saturated carbocycles. The Kier molecular flexibility index (Phi) is 5.55. The Morgan fingerprint density at radius 1 is 0.967 bits per heavy atom. The molecule has 1 N–H and O–H groups in total. The van der Waals surface area contributed by atoms with Crippen LogP contribution in [-0.2, 0) is 4.79 Å². The van der Waals surface area contributed by atoms with E-state index in [0.29, 0.717) is 28.0 Å². The Morgan fingerprint density at radius 3 is 2.17 bits per heavy atom. The van der Waals surface area contributed by atoms with Gasteiger partial charge in [-0.15, -0.1) is 0 Å². The van der Waals surface area contributed by atoms with Gasteiger partial charge < -0.3 is 5.32 Å². The first-order valence-corrected chi connectivity index (χ1v) is 10.3. The Morgan fingerprint density at radius 2 is 1.57 bits per heavy atom. The molecule has 1 unspecified atom stereocenters. The second-order valence-corrected chi connectivity index (χ2v) is 7.85. The zero-order valence-electron chi connectivity index (χ0n) is 16.5. The molecule has 3 amide bonds. The molecule has 6 heteroatoms. The topological polar surface area (TPSA) is 66.5 Å². The van der Waals surface area contributed by atoms with Crippen molar-refractivity contribution in [1.29, 1.82) is 0 Å². The fourth-order valence-electron chi connectivity index (χ4n) is 3.83. The van der Waals surface area contributed by atoms with Crippen LogP contribution in [-0.4, -0.2) is 29.2 Å². The van der Waals surface area contributed by atoms with Gasteiger partial charge in [-0.1, -0.05) is 48.0 Å². The van der Waals surface area contributed by atoms with E-state index in [1.165, 1.54) is 4.90 Å². The van der Waals surface area contributed by atoms with E-state index >= 15 is 0 Å². The number of nitrogens with zero attached hydrogens (tertiary/aromatic N) is 1. The molecule has 5 nitrogen and oxygen atoms in total. The lowest BCUT2D eigenvalue weighted by Crippen LogP contribution is -2.41. The highest BCUT2D eigenvalue weighted by molar-refractivity contribution is 6.30. The molecular weight excluding hydrogens is 400 g/mol. The summed E-state index contributed by atoms with van der Waals surface area (Å²) >= 11 is 5.90. The third-order valence-corrected chi connectivity index (χ3v) is 5.64. The van der Waals surface area contributed by atoms with Crippen LogP contribution in [0.15, 0.2) is 60.7 Å². The first kappa shape index (κ1) is 20.1. The number of carbonyl (C=O) groups is 3. The van der Waals surface area contributed by atoms with Crippen LogP contribution in [0.1, 0.15) is 52.1 Å². The van der Waals surface area contributed by atoms with Crippen molar-refractivity contribution in [3.05, 3.63) is 82.4 Å². The number of rotatable bonds is 6. The van der Waals surface area contributed by atoms with Crippen molar-refractivity contribution in [2.24, 2.45) is 0 Å². The minimum atomic E-state index is -0.306. The summed E-state index contributed by atoms with van der Waals surface area (Å²) in [7, 11) is 0. The van der Waals surface area contributed by atoms with Crippen molar-refractivity contribution in [3.8, 4) is 0 Å². The highest BCUT2D eigenvalue weighted by Crippen LogP contribution is 2.30. The lowest BCUT2D eigenvalue weighted by atomic mass is 9.94. The SMILES string of the molecule is CC(NC(=O)CCCN1C(=O)c2cccc3cccc(c23)C1=O)c1ccc(Cl)cc1. The Bertz CT molecular complexity index is 1090. The molecule has 0 saturated heterocycles. The number of halogens is 1. The van der Waals surface area contributed by atoms with Crippen molar-refractivity contribution < 1.29 is 14.4 Å². The van der Waals surface area contributed by atoms with Crippen molar-refractivity contribution in [1.82, 2.24) is 10.2 Å². The Labute approximate surface area is 179 Å². The largest absolute Gasteiger partial charge is 0.350 e. The van der Waals surface area contributed by atoms with Gasteiger partial charge in [0.05, 0.1) is 6.04 Å². The molecule has 1 aliphatic heterocycles. The zero-order chi connectivity index (χ0) is 21.3. The van der Waals surface area contributed by atoms with Gasteiger partial charge in [-0.05, 0) is 48.6 Å². The summed E-state index contributed by atoms with van der Waals surface area (Å²) in [5.74, 6) is -0.740. The number of imide groups is 1. The fraction of sp³-hybridized carbons (Fsp3) is 0.208. The first-order valence-electron chi connectivity index (χ1n) is 9.88. The molecule has 1 aliphatic rings. The molecule has 3 aromatic carbocycles. The van der Waals surface area contributed by atoms with E-state index in [1.807, 2.05) is 43.3 Å². The van der Waals surface area contributed by atoms with Gasteiger partial charge in [0.25, 0.3) is 11.8 Å². The summed E-state index contributed by atoms with van der Waals surface area (Å²) in [6, 6.07) is 18.1. The average molecular weight is 421 g/mol. The van der Waals surface area contributed by atoms with E-state index in [2.05, 4.69) is 5.32 Å². The van der Waals surface area contributed by atoms with Crippen molar-refractivity contribution in [2.45, 2.75) is 25.8 Å². The van der Waals surface area contributed by atoms with Crippen molar-refractivity contribution in [2.75, 3.05) is 6.54 Å². The molecule has 30 heavy (non-hydrogen) atoms. The summed E-state index contributed by atoms with van der Waals surface area (Å²) in [4.78, 5) is 39.3. The first-order chi connectivity index (χ1) is 14.5. The highest BCUT2D eigenvalue weighted by atomic mass is 35.5. The summed E-state index contributed by atoms with van der Waals surface area (Å²) in [6.07, 6.45) is 0.621. The molecular formula is C24H21ClN2O3. The maximum atomic E-state index is 12.9. The lowest BCUT2D eigenvalue weighted by molar-refractivity contribution is -0.121. The maximum absolute atomic E-state index is 12.9. The number of hydrogen-bond acceptors (Lipinski definition) is 3. The van der Waals surface area contributed by atoms with E-state index in [-0.39, 0.29) is 36.7 Å². The predicted molar refractivity (Wildman–Crippen MR) is 117 cm³/mol. The molecule has 3 aromatic rings. The summed E-state index contributed by atoms with van der Waals surface area (Å²) in [5.41, 5.74) is 2.02. The number of nitrogens with one attached hydrogen (secondary N) is 1. The van der Waals surface area contributed by atoms with Gasteiger partial charge in [0.1, 0.15) is 0 Å². The molecule has 0 aromatic heterocycles. The van der Waals surface area contributed by atoms with Gasteiger partial charge in [-0.2, -0.15) is 0 Å². The van der Waals surface area contributed by atoms with Gasteiger partial charge >= 0.3 is 0 Å². The van der Waals surface area contributed by atoms with E-state index in [4.69, 9.17) is 11.6 Å². The third kappa shape index (κ3) is 3.81. The second kappa shape index (κ2) is 8.28. The minimum absolute atomic E-state index is 0.128. The Hall–Kier alpha value is -3.18. The summed E-state index contributed by atoms with van der Waals surface area (Å²) in [6.45, 7) is 2.10. The van der Waals surface area contributed by atoms with Gasteiger partial charge in [-0.25, -0.2) is 0 Å². The van der Waals surface area contributed by atoms with Crippen LogP contribution in [0.5, 0.6) is 0 Å². The molecule has 1 heterocycles. The monoisotopic (exact) mass is 420 g/mol. The lowest BCUT2D eigenvalue weighted by Gasteiger charge is -2.27. The van der Waals surface area contributed by atoms with Crippen LogP contribution in [0, 0.1) is 0 Å².